The van der Waals surface area contributed by atoms with Gasteiger partial charge in [0.1, 0.15) is 0 Å². The molecule has 0 aliphatic rings. The Kier molecular flexibility index (Phi) is 6.43. The van der Waals surface area contributed by atoms with Gasteiger partial charge in [-0.05, 0) is 31.0 Å². The van der Waals surface area contributed by atoms with Gasteiger partial charge in [-0.2, -0.15) is 4.98 Å². The second-order valence-electron chi connectivity index (χ2n) is 6.60. The summed E-state index contributed by atoms with van der Waals surface area (Å²) in [6, 6.07) is 14.3. The van der Waals surface area contributed by atoms with E-state index in [4.69, 9.17) is 9.26 Å². The lowest BCUT2D eigenvalue weighted by Gasteiger charge is -2.05. The number of carbonyl (C=O) groups is 1. The Morgan fingerprint density at radius 1 is 1.07 bits per heavy atom. The van der Waals surface area contributed by atoms with E-state index in [1.165, 1.54) is 17.7 Å². The van der Waals surface area contributed by atoms with E-state index in [0.717, 1.165) is 17.5 Å². The highest BCUT2D eigenvalue weighted by Crippen LogP contribution is 2.17. The highest BCUT2D eigenvalue weighted by atomic mass is 32.2. The summed E-state index contributed by atoms with van der Waals surface area (Å²) in [6.07, 6.45) is 0.684. The number of rotatable bonds is 8. The van der Waals surface area contributed by atoms with Crippen LogP contribution < -0.4 is 0 Å². The van der Waals surface area contributed by atoms with Crippen LogP contribution in [0.1, 0.15) is 30.4 Å². The van der Waals surface area contributed by atoms with Crippen LogP contribution in [0, 0.1) is 6.92 Å². The van der Waals surface area contributed by atoms with E-state index in [1.54, 1.807) is 12.1 Å². The van der Waals surface area contributed by atoms with Gasteiger partial charge in [0.05, 0.1) is 17.1 Å². The molecule has 1 heterocycles. The van der Waals surface area contributed by atoms with Crippen LogP contribution in [0.5, 0.6) is 0 Å². The fraction of sp³-hybridized carbons (Fsp3) is 0.286. The number of sulfone groups is 1. The summed E-state index contributed by atoms with van der Waals surface area (Å²) in [4.78, 5) is 16.3. The number of esters is 1. The van der Waals surface area contributed by atoms with Crippen molar-refractivity contribution in [2.24, 2.45) is 0 Å². The van der Waals surface area contributed by atoms with Crippen molar-refractivity contribution >= 4 is 15.8 Å². The summed E-state index contributed by atoms with van der Waals surface area (Å²) in [5, 5.41) is 3.88. The third-order valence-corrected chi connectivity index (χ3v) is 6.13. The van der Waals surface area contributed by atoms with Gasteiger partial charge in [0.2, 0.25) is 5.82 Å². The van der Waals surface area contributed by atoms with Crippen molar-refractivity contribution in [3.05, 3.63) is 65.5 Å². The van der Waals surface area contributed by atoms with Crippen molar-refractivity contribution in [1.29, 1.82) is 0 Å². The van der Waals surface area contributed by atoms with Crippen LogP contribution in [0.4, 0.5) is 0 Å². The van der Waals surface area contributed by atoms with Gasteiger partial charge in [-0.15, -0.1) is 0 Å². The maximum Gasteiger partial charge on any atom is 0.307 e. The van der Waals surface area contributed by atoms with Crippen LogP contribution in [0.2, 0.25) is 0 Å². The lowest BCUT2D eigenvalue weighted by Crippen LogP contribution is -2.13. The van der Waals surface area contributed by atoms with Gasteiger partial charge in [-0.25, -0.2) is 8.42 Å². The monoisotopic (exact) mass is 414 g/mol. The molecule has 0 saturated heterocycles. The summed E-state index contributed by atoms with van der Waals surface area (Å²) in [5.41, 5.74) is 2.96. The smallest absolute Gasteiger partial charge is 0.307 e. The molecule has 0 aliphatic carbocycles. The van der Waals surface area contributed by atoms with Crippen LogP contribution in [-0.2, 0) is 32.4 Å². The van der Waals surface area contributed by atoms with Gasteiger partial charge in [0.15, 0.2) is 16.4 Å². The molecule has 1 aromatic heterocycles. The van der Waals surface area contributed by atoms with Crippen molar-refractivity contribution in [3.8, 4) is 11.4 Å². The first-order valence-electron chi connectivity index (χ1n) is 9.24. The third kappa shape index (κ3) is 5.51. The topological polar surface area (TPSA) is 99.4 Å². The molecule has 152 valence electrons. The van der Waals surface area contributed by atoms with Crippen molar-refractivity contribution in [2.45, 2.75) is 38.2 Å². The van der Waals surface area contributed by atoms with Crippen molar-refractivity contribution in [2.75, 3.05) is 5.75 Å². The first kappa shape index (κ1) is 20.7. The average Bonchev–Trinajstić information content (AvgIpc) is 3.20. The van der Waals surface area contributed by atoms with Crippen LogP contribution in [-0.4, -0.2) is 30.3 Å². The highest BCUT2D eigenvalue weighted by molar-refractivity contribution is 7.91. The van der Waals surface area contributed by atoms with Gasteiger partial charge >= 0.3 is 5.97 Å². The van der Waals surface area contributed by atoms with E-state index < -0.39 is 15.8 Å². The largest absolute Gasteiger partial charge is 0.456 e. The predicted octanol–water partition coefficient (Wildman–Crippen LogP) is 3.51. The fourth-order valence-electron chi connectivity index (χ4n) is 2.62. The molecule has 0 atom stereocenters. The lowest BCUT2D eigenvalue weighted by atomic mass is 10.1. The highest BCUT2D eigenvalue weighted by Gasteiger charge is 2.18. The number of hydrogen-bond acceptors (Lipinski definition) is 7. The van der Waals surface area contributed by atoms with Crippen molar-refractivity contribution in [3.63, 3.8) is 0 Å². The molecule has 0 saturated carbocycles. The van der Waals surface area contributed by atoms with Gasteiger partial charge in [-0.3, -0.25) is 4.79 Å². The second-order valence-corrected chi connectivity index (χ2v) is 8.71. The molecule has 0 amide bonds. The minimum Gasteiger partial charge on any atom is -0.456 e. The quantitative estimate of drug-likeness (QED) is 0.520. The van der Waals surface area contributed by atoms with Gasteiger partial charge in [0.25, 0.3) is 5.89 Å². The number of nitrogens with zero attached hydrogens (tertiary/aromatic N) is 2. The molecule has 0 spiro atoms. The minimum atomic E-state index is -3.55. The molecule has 3 rings (SSSR count). The summed E-state index contributed by atoms with van der Waals surface area (Å²) >= 11 is 0. The molecule has 0 bridgehead atoms. The molecular formula is C21H22N2O5S. The normalized spacial score (nSPS) is 11.4. The average molecular weight is 414 g/mol. The number of aromatic nitrogens is 2. The number of carbonyl (C=O) groups excluding carboxylic acids is 1. The zero-order chi connectivity index (χ0) is 20.9. The molecule has 0 N–H and O–H groups in total. The molecule has 8 heteroatoms. The number of ether oxygens (including phenoxy) is 1. The molecule has 2 aromatic carbocycles. The molecular weight excluding hydrogens is 392 g/mol. The molecule has 29 heavy (non-hydrogen) atoms. The van der Waals surface area contributed by atoms with Gasteiger partial charge in [0, 0.05) is 5.56 Å². The molecule has 0 unspecified atom stereocenters. The summed E-state index contributed by atoms with van der Waals surface area (Å²) in [5.74, 6) is -0.420. The Labute approximate surface area is 169 Å². The van der Waals surface area contributed by atoms with E-state index in [-0.39, 0.29) is 29.6 Å². The lowest BCUT2D eigenvalue weighted by molar-refractivity contribution is -0.145. The van der Waals surface area contributed by atoms with Crippen molar-refractivity contribution in [1.82, 2.24) is 10.1 Å². The Bertz CT molecular complexity index is 1070. The number of hydrogen-bond donors (Lipinski definition) is 0. The Morgan fingerprint density at radius 3 is 2.41 bits per heavy atom. The maximum absolute atomic E-state index is 12.3. The van der Waals surface area contributed by atoms with Crippen LogP contribution in [0.3, 0.4) is 0 Å². The van der Waals surface area contributed by atoms with E-state index >= 15 is 0 Å². The fourth-order valence-corrected chi connectivity index (χ4v) is 3.84. The molecule has 0 aliphatic heterocycles. The summed E-state index contributed by atoms with van der Waals surface area (Å²) < 4.78 is 34.7. The molecule has 0 fully saturated rings. The summed E-state index contributed by atoms with van der Waals surface area (Å²) in [6.45, 7) is 3.74. The maximum atomic E-state index is 12.3. The van der Waals surface area contributed by atoms with E-state index in [2.05, 4.69) is 17.1 Å². The van der Waals surface area contributed by atoms with Crippen molar-refractivity contribution < 1.29 is 22.5 Å². The Balaban J connectivity index is 1.52. The molecule has 7 nitrogen and oxygen atoms in total. The zero-order valence-corrected chi connectivity index (χ0v) is 17.1. The van der Waals surface area contributed by atoms with Crippen LogP contribution in [0.15, 0.2) is 57.9 Å². The van der Waals surface area contributed by atoms with E-state index in [9.17, 15) is 13.2 Å². The molecule has 0 radical (unpaired) electrons. The Hall–Kier alpha value is -3.00. The minimum absolute atomic E-state index is 0.148. The van der Waals surface area contributed by atoms with E-state index in [0.29, 0.717) is 5.82 Å². The predicted molar refractivity (Wildman–Crippen MR) is 107 cm³/mol. The summed E-state index contributed by atoms with van der Waals surface area (Å²) in [7, 11) is -3.55. The zero-order valence-electron chi connectivity index (χ0n) is 16.3. The van der Waals surface area contributed by atoms with Gasteiger partial charge < -0.3 is 9.26 Å². The SMILES string of the molecule is CCc1ccc(-c2noc(COC(=O)CCS(=O)(=O)c3ccc(C)cc3)n2)cc1. The third-order valence-electron chi connectivity index (χ3n) is 4.40. The first-order valence-corrected chi connectivity index (χ1v) is 10.9. The number of benzene rings is 2. The van der Waals surface area contributed by atoms with Gasteiger partial charge in [-0.1, -0.05) is 54.0 Å². The molecule has 3 aromatic rings. The van der Waals surface area contributed by atoms with E-state index in [1.807, 2.05) is 31.2 Å². The Morgan fingerprint density at radius 2 is 1.76 bits per heavy atom. The van der Waals surface area contributed by atoms with Crippen LogP contribution in [0.25, 0.3) is 11.4 Å². The standard InChI is InChI=1S/C21H22N2O5S/c1-3-16-6-8-17(9-7-16)21-22-19(28-23-21)14-27-20(24)12-13-29(25,26)18-10-4-15(2)5-11-18/h4-11H,3,12-14H2,1-2H3. The second kappa shape index (κ2) is 9.00. The number of aryl methyl sites for hydroxylation is 2. The van der Waals surface area contributed by atoms with Crippen LogP contribution >= 0.6 is 0 Å². The first-order chi connectivity index (χ1) is 13.9.